The molecule has 8 heteroatoms. The first-order chi connectivity index (χ1) is 16.5. The van der Waals surface area contributed by atoms with Gasteiger partial charge in [0.25, 0.3) is 5.91 Å². The van der Waals surface area contributed by atoms with Crippen LogP contribution >= 0.6 is 11.3 Å². The van der Waals surface area contributed by atoms with E-state index >= 15 is 0 Å². The van der Waals surface area contributed by atoms with Crippen molar-refractivity contribution in [3.05, 3.63) is 83.4 Å². The van der Waals surface area contributed by atoms with E-state index in [4.69, 9.17) is 9.47 Å². The van der Waals surface area contributed by atoms with Crippen LogP contribution in [-0.2, 0) is 4.79 Å². The summed E-state index contributed by atoms with van der Waals surface area (Å²) >= 11 is 1.42. The molecule has 4 aromatic rings. The van der Waals surface area contributed by atoms with E-state index in [1.807, 2.05) is 54.6 Å². The number of para-hydroxylation sites is 1. The molecule has 2 amide bonds. The van der Waals surface area contributed by atoms with Crippen molar-refractivity contribution in [1.29, 1.82) is 0 Å². The minimum atomic E-state index is -0.649. The average molecular weight is 474 g/mol. The van der Waals surface area contributed by atoms with Gasteiger partial charge in [-0.25, -0.2) is 4.98 Å². The van der Waals surface area contributed by atoms with E-state index < -0.39 is 12.0 Å². The van der Waals surface area contributed by atoms with Gasteiger partial charge in [0.05, 0.1) is 36.4 Å². The molecule has 1 aliphatic heterocycles. The molecule has 0 bridgehead atoms. The standard InChI is InChI=1S/C26H23N3O4S/c1-29-23(15-12-13-19(32-2)20(14-15)33-3)22(16-8-4-5-9-17(16)25(29)31)24(30)28-26-27-18-10-6-7-11-21(18)34-26/h4-14,22-23H,1-3H3,(H,27,28,30). The van der Waals surface area contributed by atoms with Crippen molar-refractivity contribution in [2.45, 2.75) is 12.0 Å². The molecule has 0 saturated heterocycles. The number of likely N-dealkylation sites (N-methyl/N-ethyl adjacent to an activating group) is 1. The van der Waals surface area contributed by atoms with Crippen LogP contribution in [0.2, 0.25) is 0 Å². The van der Waals surface area contributed by atoms with Crippen molar-refractivity contribution >= 4 is 38.5 Å². The largest absolute Gasteiger partial charge is 0.493 e. The Kier molecular flexibility index (Phi) is 5.67. The molecule has 3 aromatic carbocycles. The Balaban J connectivity index is 1.60. The summed E-state index contributed by atoms with van der Waals surface area (Å²) in [6.07, 6.45) is 0. The Morgan fingerprint density at radius 1 is 1.00 bits per heavy atom. The van der Waals surface area contributed by atoms with Crippen molar-refractivity contribution in [2.24, 2.45) is 0 Å². The number of anilines is 1. The van der Waals surface area contributed by atoms with Crippen LogP contribution in [0.15, 0.2) is 66.7 Å². The van der Waals surface area contributed by atoms with Crippen molar-refractivity contribution in [3.8, 4) is 11.5 Å². The van der Waals surface area contributed by atoms with Gasteiger partial charge in [0.2, 0.25) is 5.91 Å². The molecule has 1 aromatic heterocycles. The minimum Gasteiger partial charge on any atom is -0.493 e. The van der Waals surface area contributed by atoms with Crippen LogP contribution in [0.25, 0.3) is 10.2 Å². The van der Waals surface area contributed by atoms with E-state index in [0.717, 1.165) is 15.8 Å². The highest BCUT2D eigenvalue weighted by atomic mass is 32.1. The summed E-state index contributed by atoms with van der Waals surface area (Å²) in [5.74, 6) is 0.0889. The quantitative estimate of drug-likeness (QED) is 0.448. The number of carbonyl (C=O) groups excluding carboxylic acids is 2. The normalized spacial score (nSPS) is 17.4. The molecule has 2 unspecified atom stereocenters. The summed E-state index contributed by atoms with van der Waals surface area (Å²) in [5, 5.41) is 3.53. The van der Waals surface area contributed by atoms with Crippen LogP contribution in [0.1, 0.15) is 33.4 Å². The Bertz CT molecular complexity index is 1370. The number of aromatic nitrogens is 1. The lowest BCUT2D eigenvalue weighted by molar-refractivity contribution is -0.119. The van der Waals surface area contributed by atoms with Gasteiger partial charge >= 0.3 is 0 Å². The van der Waals surface area contributed by atoms with Crippen LogP contribution in [-0.4, -0.2) is 43.0 Å². The second kappa shape index (κ2) is 8.79. The molecule has 0 fully saturated rings. The van der Waals surface area contributed by atoms with Crippen molar-refractivity contribution < 1.29 is 19.1 Å². The predicted octanol–water partition coefficient (Wildman–Crippen LogP) is 4.86. The number of benzene rings is 3. The van der Waals surface area contributed by atoms with E-state index in [0.29, 0.717) is 27.8 Å². The molecular weight excluding hydrogens is 450 g/mol. The zero-order chi connectivity index (χ0) is 23.8. The monoisotopic (exact) mass is 473 g/mol. The summed E-state index contributed by atoms with van der Waals surface area (Å²) in [4.78, 5) is 33.2. The van der Waals surface area contributed by atoms with Gasteiger partial charge in [0.1, 0.15) is 0 Å². The van der Waals surface area contributed by atoms with Crippen LogP contribution in [0.3, 0.4) is 0 Å². The van der Waals surface area contributed by atoms with Crippen LogP contribution in [0, 0.1) is 0 Å². The highest BCUT2D eigenvalue weighted by Gasteiger charge is 2.43. The number of rotatable bonds is 5. The van der Waals surface area contributed by atoms with Gasteiger partial charge < -0.3 is 19.7 Å². The lowest BCUT2D eigenvalue weighted by atomic mass is 9.79. The molecule has 2 heterocycles. The number of amides is 2. The molecule has 0 aliphatic carbocycles. The van der Waals surface area contributed by atoms with E-state index in [2.05, 4.69) is 10.3 Å². The fraction of sp³-hybridized carbons (Fsp3) is 0.192. The molecule has 2 atom stereocenters. The molecule has 0 radical (unpaired) electrons. The first-order valence-corrected chi connectivity index (χ1v) is 11.6. The molecule has 1 N–H and O–H groups in total. The molecule has 7 nitrogen and oxygen atoms in total. The van der Waals surface area contributed by atoms with Gasteiger partial charge in [0.15, 0.2) is 16.6 Å². The van der Waals surface area contributed by atoms with Gasteiger partial charge in [-0.1, -0.05) is 47.7 Å². The fourth-order valence-electron chi connectivity index (χ4n) is 4.52. The lowest BCUT2D eigenvalue weighted by Crippen LogP contribution is -2.44. The van der Waals surface area contributed by atoms with Gasteiger partial charge in [-0.2, -0.15) is 0 Å². The first kappa shape index (κ1) is 21.9. The Labute approximate surface area is 200 Å². The third-order valence-electron chi connectivity index (χ3n) is 6.14. The average Bonchev–Trinajstić information content (AvgIpc) is 3.27. The molecule has 5 rings (SSSR count). The molecule has 34 heavy (non-hydrogen) atoms. The van der Waals surface area contributed by atoms with Crippen molar-refractivity contribution in [3.63, 3.8) is 0 Å². The SMILES string of the molecule is COc1ccc(C2C(C(=O)Nc3nc4ccccc4s3)c3ccccc3C(=O)N2C)cc1OC. The van der Waals surface area contributed by atoms with Crippen molar-refractivity contribution in [1.82, 2.24) is 9.88 Å². The smallest absolute Gasteiger partial charge is 0.254 e. The van der Waals surface area contributed by atoms with Gasteiger partial charge in [-0.15, -0.1) is 0 Å². The summed E-state index contributed by atoms with van der Waals surface area (Å²) in [6.45, 7) is 0. The zero-order valence-corrected chi connectivity index (χ0v) is 19.8. The molecule has 0 spiro atoms. The van der Waals surface area contributed by atoms with E-state index in [1.54, 1.807) is 38.3 Å². The third kappa shape index (κ3) is 3.66. The Hall–Kier alpha value is -3.91. The van der Waals surface area contributed by atoms with E-state index in [9.17, 15) is 9.59 Å². The maximum atomic E-state index is 13.8. The number of fused-ring (bicyclic) bond motifs is 2. The van der Waals surface area contributed by atoms with Crippen molar-refractivity contribution in [2.75, 3.05) is 26.6 Å². The Morgan fingerprint density at radius 2 is 1.74 bits per heavy atom. The number of carbonyl (C=O) groups is 2. The summed E-state index contributed by atoms with van der Waals surface area (Å²) in [5.41, 5.74) is 2.80. The number of thiazole rings is 1. The number of hydrogen-bond acceptors (Lipinski definition) is 6. The number of methoxy groups -OCH3 is 2. The van der Waals surface area contributed by atoms with E-state index in [-0.39, 0.29) is 11.8 Å². The topological polar surface area (TPSA) is 80.8 Å². The molecule has 0 saturated carbocycles. The van der Waals surface area contributed by atoms with Gasteiger partial charge in [0, 0.05) is 12.6 Å². The first-order valence-electron chi connectivity index (χ1n) is 10.8. The maximum Gasteiger partial charge on any atom is 0.254 e. The van der Waals surface area contributed by atoms with Crippen LogP contribution < -0.4 is 14.8 Å². The van der Waals surface area contributed by atoms with Gasteiger partial charge in [-0.3, -0.25) is 9.59 Å². The zero-order valence-electron chi connectivity index (χ0n) is 18.9. The van der Waals surface area contributed by atoms with E-state index in [1.165, 1.54) is 11.3 Å². The minimum absolute atomic E-state index is 0.139. The fourth-order valence-corrected chi connectivity index (χ4v) is 5.39. The van der Waals surface area contributed by atoms with Gasteiger partial charge in [-0.05, 0) is 41.5 Å². The highest BCUT2D eigenvalue weighted by molar-refractivity contribution is 7.22. The number of nitrogens with one attached hydrogen (secondary N) is 1. The summed E-state index contributed by atoms with van der Waals surface area (Å²) in [6, 6.07) is 19.9. The summed E-state index contributed by atoms with van der Waals surface area (Å²) < 4.78 is 11.9. The maximum absolute atomic E-state index is 13.8. The number of nitrogens with zero attached hydrogens (tertiary/aromatic N) is 2. The van der Waals surface area contributed by atoms with Crippen LogP contribution in [0.5, 0.6) is 11.5 Å². The lowest BCUT2D eigenvalue weighted by Gasteiger charge is -2.39. The number of hydrogen-bond donors (Lipinski definition) is 1. The second-order valence-corrected chi connectivity index (χ2v) is 9.05. The summed E-state index contributed by atoms with van der Waals surface area (Å²) in [7, 11) is 4.85. The predicted molar refractivity (Wildman–Crippen MR) is 132 cm³/mol. The molecular formula is C26H23N3O4S. The highest BCUT2D eigenvalue weighted by Crippen LogP contribution is 2.44. The second-order valence-electron chi connectivity index (χ2n) is 8.02. The third-order valence-corrected chi connectivity index (χ3v) is 7.09. The molecule has 1 aliphatic rings. The Morgan fingerprint density at radius 3 is 2.50 bits per heavy atom. The van der Waals surface area contributed by atoms with Crippen LogP contribution in [0.4, 0.5) is 5.13 Å². The molecule has 172 valence electrons. The number of ether oxygens (including phenoxy) is 2.